The van der Waals surface area contributed by atoms with Gasteiger partial charge in [-0.15, -0.1) is 0 Å². The Hall–Kier alpha value is -3.02. The lowest BCUT2D eigenvalue weighted by Crippen LogP contribution is -2.26. The summed E-state index contributed by atoms with van der Waals surface area (Å²) < 4.78 is 10.1. The monoisotopic (exact) mass is 326 g/mol. The second-order valence-electron chi connectivity index (χ2n) is 5.60. The molecule has 3 rings (SSSR count). The molecule has 1 aliphatic rings. The van der Waals surface area contributed by atoms with Crippen LogP contribution in [0.2, 0.25) is 0 Å². The summed E-state index contributed by atoms with van der Waals surface area (Å²) in [5.41, 5.74) is 9.27. The number of hydrogen-bond acceptors (Lipinski definition) is 5. The van der Waals surface area contributed by atoms with E-state index in [1.165, 1.54) is 7.11 Å². The van der Waals surface area contributed by atoms with E-state index >= 15 is 0 Å². The van der Waals surface area contributed by atoms with Gasteiger partial charge in [0.2, 0.25) is 0 Å². The number of benzene rings is 2. The third-order valence-corrected chi connectivity index (χ3v) is 3.96. The van der Waals surface area contributed by atoms with Crippen LogP contribution in [-0.2, 0) is 29.2 Å². The van der Waals surface area contributed by atoms with E-state index in [0.717, 1.165) is 16.7 Å². The Morgan fingerprint density at radius 2 is 1.79 bits per heavy atom. The second-order valence-corrected chi connectivity index (χ2v) is 5.60. The highest BCUT2D eigenvalue weighted by Gasteiger charge is 2.26. The third-order valence-electron chi connectivity index (χ3n) is 3.96. The molecule has 0 unspecified atom stereocenters. The van der Waals surface area contributed by atoms with Crippen molar-refractivity contribution >= 4 is 17.7 Å². The van der Waals surface area contributed by atoms with Crippen molar-refractivity contribution in [3.05, 3.63) is 64.7 Å². The van der Waals surface area contributed by atoms with Crippen LogP contribution in [0, 0.1) is 0 Å². The van der Waals surface area contributed by atoms with Crippen LogP contribution in [0.4, 0.5) is 10.5 Å². The number of ether oxygens (including phenoxy) is 2. The topological polar surface area (TPSA) is 81.9 Å². The molecule has 6 nitrogen and oxygen atoms in total. The first-order valence-electron chi connectivity index (χ1n) is 7.53. The number of hydrogen-bond donors (Lipinski definition) is 1. The van der Waals surface area contributed by atoms with Gasteiger partial charge in [-0.25, -0.2) is 9.59 Å². The van der Waals surface area contributed by atoms with Gasteiger partial charge >= 0.3 is 12.1 Å². The largest absolute Gasteiger partial charge is 0.465 e. The predicted octanol–water partition coefficient (Wildman–Crippen LogP) is 2.71. The summed E-state index contributed by atoms with van der Waals surface area (Å²) in [5, 5.41) is 0. The molecule has 2 aromatic carbocycles. The summed E-state index contributed by atoms with van der Waals surface area (Å²) in [4.78, 5) is 25.5. The lowest BCUT2D eigenvalue weighted by atomic mass is 10.0. The number of methoxy groups -OCH3 is 1. The third kappa shape index (κ3) is 3.17. The fourth-order valence-corrected chi connectivity index (χ4v) is 2.70. The van der Waals surface area contributed by atoms with Crippen LogP contribution in [0.5, 0.6) is 0 Å². The molecular formula is C18H18N2O4. The summed E-state index contributed by atoms with van der Waals surface area (Å²) in [6.45, 7) is 1.02. The zero-order valence-electron chi connectivity index (χ0n) is 13.3. The molecule has 0 fully saturated rings. The van der Waals surface area contributed by atoms with Gasteiger partial charge in [0.1, 0.15) is 6.61 Å². The van der Waals surface area contributed by atoms with E-state index in [9.17, 15) is 9.59 Å². The van der Waals surface area contributed by atoms with Gasteiger partial charge in [-0.1, -0.05) is 30.3 Å². The molecule has 0 radical (unpaired) electrons. The highest BCUT2D eigenvalue weighted by atomic mass is 16.6. The number of carbonyl (C=O) groups is 2. The molecule has 0 aromatic heterocycles. The average Bonchev–Trinajstić information content (AvgIpc) is 3.02. The van der Waals surface area contributed by atoms with Gasteiger partial charge < -0.3 is 15.2 Å². The van der Waals surface area contributed by atoms with Crippen LogP contribution in [0.1, 0.15) is 27.0 Å². The number of anilines is 1. The smallest absolute Gasteiger partial charge is 0.410 e. The molecule has 1 amide bonds. The number of rotatable bonds is 3. The minimum Gasteiger partial charge on any atom is -0.465 e. The summed E-state index contributed by atoms with van der Waals surface area (Å²) in [6, 6.07) is 12.9. The van der Waals surface area contributed by atoms with Crippen molar-refractivity contribution in [1.29, 1.82) is 0 Å². The van der Waals surface area contributed by atoms with E-state index in [-0.39, 0.29) is 6.61 Å². The molecule has 6 heteroatoms. The minimum atomic E-state index is -0.486. The van der Waals surface area contributed by atoms with Crippen molar-refractivity contribution in [3.8, 4) is 0 Å². The normalized spacial score (nSPS) is 12.6. The van der Waals surface area contributed by atoms with E-state index in [1.807, 2.05) is 30.3 Å². The Labute approximate surface area is 139 Å². The maximum Gasteiger partial charge on any atom is 0.410 e. The summed E-state index contributed by atoms with van der Waals surface area (Å²) in [5.74, 6) is -0.486. The van der Waals surface area contributed by atoms with Gasteiger partial charge in [0, 0.05) is 18.8 Å². The second kappa shape index (κ2) is 6.62. The van der Waals surface area contributed by atoms with Gasteiger partial charge in [-0.2, -0.15) is 0 Å². The molecular weight excluding hydrogens is 308 g/mol. The summed E-state index contributed by atoms with van der Waals surface area (Å²) in [7, 11) is 1.31. The Bertz CT molecular complexity index is 774. The van der Waals surface area contributed by atoms with E-state index in [4.69, 9.17) is 15.2 Å². The number of fused-ring (bicyclic) bond motifs is 1. The lowest BCUT2D eigenvalue weighted by molar-refractivity contribution is 0.0602. The zero-order chi connectivity index (χ0) is 17.1. The van der Waals surface area contributed by atoms with E-state index in [0.29, 0.717) is 24.3 Å². The summed E-state index contributed by atoms with van der Waals surface area (Å²) >= 11 is 0. The fraction of sp³-hybridized carbons (Fsp3) is 0.222. The predicted molar refractivity (Wildman–Crippen MR) is 88.1 cm³/mol. The highest BCUT2D eigenvalue weighted by Crippen LogP contribution is 2.28. The van der Waals surface area contributed by atoms with Crippen molar-refractivity contribution in [3.63, 3.8) is 0 Å². The molecule has 24 heavy (non-hydrogen) atoms. The summed E-state index contributed by atoms with van der Waals surface area (Å²) in [6.07, 6.45) is -0.395. The maximum absolute atomic E-state index is 12.2. The standard InChI is InChI=1S/C18H18N2O4/c1-23-17(21)15-7-13-9-20(10-14(13)8-16(15)19)18(22)24-11-12-5-3-2-4-6-12/h2-8H,9-11,19H2,1H3. The van der Waals surface area contributed by atoms with Gasteiger partial charge in [-0.3, -0.25) is 4.90 Å². The van der Waals surface area contributed by atoms with Gasteiger partial charge in [0.15, 0.2) is 0 Å². The van der Waals surface area contributed by atoms with Crippen molar-refractivity contribution in [1.82, 2.24) is 4.90 Å². The Balaban J connectivity index is 1.67. The van der Waals surface area contributed by atoms with E-state index in [2.05, 4.69) is 0 Å². The minimum absolute atomic E-state index is 0.224. The zero-order valence-corrected chi connectivity index (χ0v) is 13.3. The van der Waals surface area contributed by atoms with Gasteiger partial charge in [0.25, 0.3) is 0 Å². The van der Waals surface area contributed by atoms with E-state index < -0.39 is 12.1 Å². The molecule has 124 valence electrons. The maximum atomic E-state index is 12.2. The number of carbonyl (C=O) groups excluding carboxylic acids is 2. The number of amides is 1. The van der Waals surface area contributed by atoms with Crippen molar-refractivity contribution in [2.75, 3.05) is 12.8 Å². The van der Waals surface area contributed by atoms with Crippen molar-refractivity contribution in [2.24, 2.45) is 0 Å². The van der Waals surface area contributed by atoms with Gasteiger partial charge in [-0.05, 0) is 28.8 Å². The van der Waals surface area contributed by atoms with Gasteiger partial charge in [0.05, 0.1) is 12.7 Å². The number of nitrogens with zero attached hydrogens (tertiary/aromatic N) is 1. The van der Waals surface area contributed by atoms with Crippen LogP contribution in [0.25, 0.3) is 0 Å². The molecule has 1 heterocycles. The highest BCUT2D eigenvalue weighted by molar-refractivity contribution is 5.95. The van der Waals surface area contributed by atoms with Crippen LogP contribution in [-0.4, -0.2) is 24.1 Å². The molecule has 2 N–H and O–H groups in total. The first kappa shape index (κ1) is 15.9. The molecule has 0 bridgehead atoms. The molecule has 0 spiro atoms. The van der Waals surface area contributed by atoms with Crippen molar-refractivity contribution < 1.29 is 19.1 Å². The first-order valence-corrected chi connectivity index (χ1v) is 7.53. The molecule has 0 atom stereocenters. The molecule has 0 saturated heterocycles. The lowest BCUT2D eigenvalue weighted by Gasteiger charge is -2.15. The van der Waals surface area contributed by atoms with Crippen LogP contribution in [0.3, 0.4) is 0 Å². The number of esters is 1. The van der Waals surface area contributed by atoms with Crippen molar-refractivity contribution in [2.45, 2.75) is 19.7 Å². The molecule has 0 saturated carbocycles. The molecule has 0 aliphatic carbocycles. The Morgan fingerprint density at radius 3 is 2.46 bits per heavy atom. The van der Waals surface area contributed by atoms with Crippen LogP contribution >= 0.6 is 0 Å². The average molecular weight is 326 g/mol. The quantitative estimate of drug-likeness (QED) is 0.693. The fourth-order valence-electron chi connectivity index (χ4n) is 2.70. The molecule has 1 aliphatic heterocycles. The molecule has 2 aromatic rings. The number of nitrogen functional groups attached to an aromatic ring is 1. The van der Waals surface area contributed by atoms with Crippen LogP contribution < -0.4 is 5.73 Å². The first-order chi connectivity index (χ1) is 11.6. The van der Waals surface area contributed by atoms with Crippen LogP contribution in [0.15, 0.2) is 42.5 Å². The van der Waals surface area contributed by atoms with E-state index in [1.54, 1.807) is 17.0 Å². The number of nitrogens with two attached hydrogens (primary N) is 1. The Kier molecular flexibility index (Phi) is 4.37. The Morgan fingerprint density at radius 1 is 1.12 bits per heavy atom. The SMILES string of the molecule is COC(=O)c1cc2c(cc1N)CN(C(=O)OCc1ccccc1)C2.